The van der Waals surface area contributed by atoms with Crippen LogP contribution in [-0.4, -0.2) is 5.78 Å². The van der Waals surface area contributed by atoms with Gasteiger partial charge in [-0.1, -0.05) is 89.9 Å². The third kappa shape index (κ3) is 3.01. The fourth-order valence-corrected chi connectivity index (χ4v) is 3.59. The molecule has 0 aromatic heterocycles. The Kier molecular flexibility index (Phi) is 4.50. The highest BCUT2D eigenvalue weighted by Crippen LogP contribution is 2.45. The number of benzene rings is 3. The van der Waals surface area contributed by atoms with Gasteiger partial charge in [0.05, 0.1) is 0 Å². The van der Waals surface area contributed by atoms with Gasteiger partial charge in [-0.3, -0.25) is 4.79 Å². The summed E-state index contributed by atoms with van der Waals surface area (Å²) in [6, 6.07) is 25.0. The second-order valence-electron chi connectivity index (χ2n) is 6.04. The van der Waals surface area contributed by atoms with E-state index in [-0.39, 0.29) is 5.78 Å². The molecular weight excluding hydrogens is 363 g/mol. The Labute approximate surface area is 162 Å². The minimum Gasteiger partial charge on any atom is -0.289 e. The lowest BCUT2D eigenvalue weighted by Gasteiger charge is -2.27. The van der Waals surface area contributed by atoms with E-state index in [1.54, 1.807) is 12.1 Å². The summed E-state index contributed by atoms with van der Waals surface area (Å²) in [6.07, 6.45) is 1.84. The number of hydrogen-bond donors (Lipinski definition) is 0. The minimum absolute atomic E-state index is 0.0288. The van der Waals surface area contributed by atoms with Gasteiger partial charge in [0.15, 0.2) is 5.78 Å². The molecule has 0 heterocycles. The van der Waals surface area contributed by atoms with Crippen molar-refractivity contribution in [2.24, 2.45) is 0 Å². The van der Waals surface area contributed by atoms with Crippen LogP contribution in [0, 0.1) is 0 Å². The molecule has 1 aliphatic carbocycles. The van der Waals surface area contributed by atoms with E-state index in [9.17, 15) is 4.79 Å². The van der Waals surface area contributed by atoms with Crippen molar-refractivity contribution in [2.45, 2.75) is 0 Å². The molecule has 0 fully saturated rings. The number of ketones is 1. The summed E-state index contributed by atoms with van der Waals surface area (Å²) >= 11 is 12.3. The molecule has 1 aliphatic rings. The number of allylic oxidation sites excluding steroid dienone is 3. The Morgan fingerprint density at radius 1 is 0.692 bits per heavy atom. The molecular formula is C23H14Cl2O. The fraction of sp³-hybridized carbons (Fsp3) is 0. The van der Waals surface area contributed by atoms with Gasteiger partial charge in [0.1, 0.15) is 0 Å². The topological polar surface area (TPSA) is 17.1 Å². The largest absolute Gasteiger partial charge is 0.289 e. The van der Waals surface area contributed by atoms with Crippen LogP contribution in [0.4, 0.5) is 0 Å². The number of carbonyl (C=O) groups is 1. The molecule has 0 atom stereocenters. The van der Waals surface area contributed by atoms with Crippen molar-refractivity contribution in [1.82, 2.24) is 0 Å². The SMILES string of the molecule is O=C1C(c2ccccc2)=C(c2ccccc2)/C1=C\c1ccc(Cl)cc1Cl. The van der Waals surface area contributed by atoms with E-state index in [0.29, 0.717) is 15.6 Å². The highest BCUT2D eigenvalue weighted by molar-refractivity contribution is 6.51. The molecule has 0 unspecified atom stereocenters. The van der Waals surface area contributed by atoms with Crippen LogP contribution >= 0.6 is 23.2 Å². The fourth-order valence-electron chi connectivity index (χ4n) is 3.13. The molecule has 3 aromatic rings. The lowest BCUT2D eigenvalue weighted by Crippen LogP contribution is -2.20. The molecule has 0 saturated carbocycles. The zero-order valence-corrected chi connectivity index (χ0v) is 15.3. The molecule has 0 saturated heterocycles. The zero-order valence-electron chi connectivity index (χ0n) is 13.7. The number of Topliss-reactive ketones (excluding diaryl/α,β-unsaturated/α-hetero) is 1. The van der Waals surface area contributed by atoms with Crippen molar-refractivity contribution >= 4 is 46.2 Å². The minimum atomic E-state index is 0.0288. The van der Waals surface area contributed by atoms with Gasteiger partial charge >= 0.3 is 0 Å². The first-order valence-corrected chi connectivity index (χ1v) is 8.97. The maximum atomic E-state index is 12.9. The monoisotopic (exact) mass is 376 g/mol. The summed E-state index contributed by atoms with van der Waals surface area (Å²) in [4.78, 5) is 12.9. The summed E-state index contributed by atoms with van der Waals surface area (Å²) in [6.45, 7) is 0. The van der Waals surface area contributed by atoms with Gasteiger partial charge in [-0.25, -0.2) is 0 Å². The zero-order chi connectivity index (χ0) is 18.1. The Morgan fingerprint density at radius 2 is 1.27 bits per heavy atom. The van der Waals surface area contributed by atoms with Gasteiger partial charge in [0.25, 0.3) is 0 Å². The maximum absolute atomic E-state index is 12.9. The highest BCUT2D eigenvalue weighted by Gasteiger charge is 2.35. The summed E-state index contributed by atoms with van der Waals surface area (Å²) < 4.78 is 0. The van der Waals surface area contributed by atoms with Gasteiger partial charge in [0, 0.05) is 26.8 Å². The predicted molar refractivity (Wildman–Crippen MR) is 109 cm³/mol. The molecule has 4 rings (SSSR count). The first-order valence-electron chi connectivity index (χ1n) is 8.22. The normalized spacial score (nSPS) is 15.3. The van der Waals surface area contributed by atoms with Crippen LogP contribution in [0.3, 0.4) is 0 Å². The van der Waals surface area contributed by atoms with Crippen molar-refractivity contribution in [2.75, 3.05) is 0 Å². The van der Waals surface area contributed by atoms with E-state index >= 15 is 0 Å². The Balaban J connectivity index is 1.89. The third-order valence-corrected chi connectivity index (χ3v) is 4.94. The molecule has 1 nitrogen and oxygen atoms in total. The molecule has 26 heavy (non-hydrogen) atoms. The van der Waals surface area contributed by atoms with Gasteiger partial charge in [-0.05, 0) is 34.9 Å². The van der Waals surface area contributed by atoms with Crippen molar-refractivity contribution in [3.63, 3.8) is 0 Å². The van der Waals surface area contributed by atoms with E-state index in [1.807, 2.05) is 72.8 Å². The lowest BCUT2D eigenvalue weighted by molar-refractivity contribution is -0.110. The summed E-state index contributed by atoms with van der Waals surface area (Å²) in [5, 5.41) is 1.10. The summed E-state index contributed by atoms with van der Waals surface area (Å²) in [5.41, 5.74) is 5.08. The average Bonchev–Trinajstić information content (AvgIpc) is 2.66. The number of hydrogen-bond acceptors (Lipinski definition) is 1. The van der Waals surface area contributed by atoms with Crippen molar-refractivity contribution in [3.8, 4) is 0 Å². The van der Waals surface area contributed by atoms with E-state index in [1.165, 1.54) is 0 Å². The first kappa shape index (κ1) is 16.8. The summed E-state index contributed by atoms with van der Waals surface area (Å²) in [5.74, 6) is 0.0288. The number of halogens is 2. The quantitative estimate of drug-likeness (QED) is 0.472. The van der Waals surface area contributed by atoms with E-state index in [0.717, 1.165) is 27.8 Å². The smallest absolute Gasteiger partial charge is 0.194 e. The summed E-state index contributed by atoms with van der Waals surface area (Å²) in [7, 11) is 0. The Morgan fingerprint density at radius 3 is 1.85 bits per heavy atom. The van der Waals surface area contributed by atoms with Crippen LogP contribution in [0.15, 0.2) is 84.4 Å². The van der Waals surface area contributed by atoms with Gasteiger partial charge < -0.3 is 0 Å². The molecule has 0 N–H and O–H groups in total. The second-order valence-corrected chi connectivity index (χ2v) is 6.88. The Hall–Kier alpha value is -2.61. The van der Waals surface area contributed by atoms with Crippen LogP contribution in [0.1, 0.15) is 16.7 Å². The molecule has 3 aromatic carbocycles. The standard InChI is InChI=1S/C23H14Cl2O/c24-18-12-11-17(20(25)14-18)13-19-21(15-7-3-1-4-8-15)22(23(19)26)16-9-5-2-6-10-16/h1-14H/b19-13+. The number of carbonyl (C=O) groups excluding carboxylic acids is 1. The van der Waals surface area contributed by atoms with E-state index in [2.05, 4.69) is 0 Å². The van der Waals surface area contributed by atoms with Crippen LogP contribution in [0.5, 0.6) is 0 Å². The van der Waals surface area contributed by atoms with E-state index < -0.39 is 0 Å². The van der Waals surface area contributed by atoms with Gasteiger partial charge in [-0.2, -0.15) is 0 Å². The highest BCUT2D eigenvalue weighted by atomic mass is 35.5. The predicted octanol–water partition coefficient (Wildman–Crippen LogP) is 6.57. The van der Waals surface area contributed by atoms with Gasteiger partial charge in [0.2, 0.25) is 0 Å². The van der Waals surface area contributed by atoms with Gasteiger partial charge in [-0.15, -0.1) is 0 Å². The molecule has 0 aliphatic heterocycles. The van der Waals surface area contributed by atoms with Crippen LogP contribution < -0.4 is 0 Å². The molecule has 0 amide bonds. The van der Waals surface area contributed by atoms with Crippen molar-refractivity contribution < 1.29 is 4.79 Å². The van der Waals surface area contributed by atoms with E-state index in [4.69, 9.17) is 23.2 Å². The lowest BCUT2D eigenvalue weighted by atomic mass is 9.74. The van der Waals surface area contributed by atoms with Crippen molar-refractivity contribution in [1.29, 1.82) is 0 Å². The van der Waals surface area contributed by atoms with Crippen LogP contribution in [0.2, 0.25) is 10.0 Å². The Bertz CT molecular complexity index is 1050. The third-order valence-electron chi connectivity index (χ3n) is 4.38. The molecule has 126 valence electrons. The first-order chi connectivity index (χ1) is 12.6. The van der Waals surface area contributed by atoms with Crippen LogP contribution in [0.25, 0.3) is 17.2 Å². The molecule has 0 spiro atoms. The molecule has 0 bridgehead atoms. The number of rotatable bonds is 3. The van der Waals surface area contributed by atoms with Crippen LogP contribution in [-0.2, 0) is 4.79 Å². The molecule has 3 heteroatoms. The molecule has 0 radical (unpaired) electrons. The maximum Gasteiger partial charge on any atom is 0.194 e. The van der Waals surface area contributed by atoms with Crippen molar-refractivity contribution in [3.05, 3.63) is 111 Å². The second kappa shape index (κ2) is 6.95. The average molecular weight is 377 g/mol.